The van der Waals surface area contributed by atoms with Crippen LogP contribution in [0.2, 0.25) is 0 Å². The first-order chi connectivity index (χ1) is 13.7. The van der Waals surface area contributed by atoms with Crippen LogP contribution < -0.4 is 15.5 Å². The van der Waals surface area contributed by atoms with E-state index in [1.54, 1.807) is 4.90 Å². The number of fused-ring (bicyclic) bond motifs is 1. The third-order valence-corrected chi connectivity index (χ3v) is 5.06. The summed E-state index contributed by atoms with van der Waals surface area (Å²) < 4.78 is 0. The van der Waals surface area contributed by atoms with Gasteiger partial charge in [-0.1, -0.05) is 48.5 Å². The molecular formula is C23H23N3O2. The number of carbonyl (C=O) groups excluding carboxylic acids is 2. The lowest BCUT2D eigenvalue weighted by atomic mass is 10.0. The van der Waals surface area contributed by atoms with Crippen molar-refractivity contribution in [3.63, 3.8) is 0 Å². The third-order valence-electron chi connectivity index (χ3n) is 5.06. The van der Waals surface area contributed by atoms with Crippen LogP contribution in [0.1, 0.15) is 24.8 Å². The maximum absolute atomic E-state index is 12.4. The fraction of sp³-hybridized carbons (Fsp3) is 0.217. The van der Waals surface area contributed by atoms with Crippen LogP contribution in [-0.2, 0) is 11.3 Å². The Morgan fingerprint density at radius 1 is 0.964 bits per heavy atom. The number of rotatable bonds is 4. The van der Waals surface area contributed by atoms with E-state index in [9.17, 15) is 9.59 Å². The second-order valence-electron chi connectivity index (χ2n) is 7.00. The van der Waals surface area contributed by atoms with Gasteiger partial charge in [-0.2, -0.15) is 0 Å². The van der Waals surface area contributed by atoms with Crippen molar-refractivity contribution in [2.45, 2.75) is 25.8 Å². The Labute approximate surface area is 164 Å². The van der Waals surface area contributed by atoms with Crippen molar-refractivity contribution in [3.05, 3.63) is 72.3 Å². The van der Waals surface area contributed by atoms with Gasteiger partial charge < -0.3 is 15.5 Å². The fourth-order valence-corrected chi connectivity index (χ4v) is 3.63. The maximum atomic E-state index is 12.4. The van der Waals surface area contributed by atoms with Crippen molar-refractivity contribution < 1.29 is 9.59 Å². The molecule has 5 heteroatoms. The molecule has 1 aliphatic rings. The van der Waals surface area contributed by atoms with Gasteiger partial charge in [0, 0.05) is 30.9 Å². The zero-order valence-corrected chi connectivity index (χ0v) is 15.7. The van der Waals surface area contributed by atoms with E-state index < -0.39 is 0 Å². The summed E-state index contributed by atoms with van der Waals surface area (Å²) in [5, 5.41) is 8.07. The first kappa shape index (κ1) is 18.0. The van der Waals surface area contributed by atoms with Crippen LogP contribution >= 0.6 is 0 Å². The summed E-state index contributed by atoms with van der Waals surface area (Å²) in [5.74, 6) is 0.142. The number of hydrogen-bond acceptors (Lipinski definition) is 2. The summed E-state index contributed by atoms with van der Waals surface area (Å²) >= 11 is 0. The first-order valence-electron chi connectivity index (χ1n) is 9.63. The molecule has 1 aliphatic heterocycles. The number of benzene rings is 3. The molecule has 3 amide bonds. The Morgan fingerprint density at radius 3 is 2.68 bits per heavy atom. The van der Waals surface area contributed by atoms with Crippen LogP contribution in [-0.4, -0.2) is 18.5 Å². The summed E-state index contributed by atoms with van der Waals surface area (Å²) in [4.78, 5) is 26.3. The molecule has 3 aromatic carbocycles. The molecule has 4 rings (SSSR count). The van der Waals surface area contributed by atoms with Crippen molar-refractivity contribution in [3.8, 4) is 0 Å². The summed E-state index contributed by atoms with van der Waals surface area (Å²) in [6, 6.07) is 21.4. The zero-order chi connectivity index (χ0) is 19.3. The summed E-state index contributed by atoms with van der Waals surface area (Å²) in [6.45, 7) is 1.17. The van der Waals surface area contributed by atoms with Gasteiger partial charge in [0.1, 0.15) is 0 Å². The summed E-state index contributed by atoms with van der Waals surface area (Å²) in [7, 11) is 0. The number of carbonyl (C=O) groups is 2. The van der Waals surface area contributed by atoms with E-state index in [1.165, 1.54) is 0 Å². The SMILES string of the molecule is O=C(NCc1cccc2ccccc12)Nc1cccc(N2CCCCC2=O)c1. The Kier molecular flexibility index (Phi) is 5.24. The van der Waals surface area contributed by atoms with Gasteiger partial charge in [-0.3, -0.25) is 4.79 Å². The molecule has 1 saturated heterocycles. The highest BCUT2D eigenvalue weighted by Crippen LogP contribution is 2.24. The average molecular weight is 373 g/mol. The molecule has 142 valence electrons. The normalized spacial score (nSPS) is 14.1. The lowest BCUT2D eigenvalue weighted by Gasteiger charge is -2.27. The molecule has 5 nitrogen and oxygen atoms in total. The van der Waals surface area contributed by atoms with Gasteiger partial charge in [0.05, 0.1) is 0 Å². The van der Waals surface area contributed by atoms with Crippen LogP contribution in [0.15, 0.2) is 66.7 Å². The molecule has 2 N–H and O–H groups in total. The van der Waals surface area contributed by atoms with Crippen molar-refractivity contribution in [1.29, 1.82) is 0 Å². The van der Waals surface area contributed by atoms with E-state index in [2.05, 4.69) is 28.8 Å². The van der Waals surface area contributed by atoms with Gasteiger partial charge in [0.15, 0.2) is 0 Å². The molecule has 0 bridgehead atoms. The second kappa shape index (κ2) is 8.13. The molecule has 0 spiro atoms. The molecule has 28 heavy (non-hydrogen) atoms. The van der Waals surface area contributed by atoms with Crippen LogP contribution in [0.25, 0.3) is 10.8 Å². The Morgan fingerprint density at radius 2 is 1.79 bits per heavy atom. The van der Waals surface area contributed by atoms with Gasteiger partial charge in [0.25, 0.3) is 0 Å². The predicted octanol–water partition coefficient (Wildman–Crippen LogP) is 4.68. The number of nitrogens with zero attached hydrogens (tertiary/aromatic N) is 1. The maximum Gasteiger partial charge on any atom is 0.319 e. The Hall–Kier alpha value is -3.34. The molecule has 0 aromatic heterocycles. The van der Waals surface area contributed by atoms with Crippen molar-refractivity contribution in [1.82, 2.24) is 5.32 Å². The van der Waals surface area contributed by atoms with Crippen LogP contribution in [0, 0.1) is 0 Å². The fourth-order valence-electron chi connectivity index (χ4n) is 3.63. The number of amides is 3. The van der Waals surface area contributed by atoms with E-state index in [4.69, 9.17) is 0 Å². The summed E-state index contributed by atoms with van der Waals surface area (Å²) in [5.41, 5.74) is 2.57. The van der Waals surface area contributed by atoms with Gasteiger partial charge in [0.2, 0.25) is 5.91 Å². The van der Waals surface area contributed by atoms with Crippen molar-refractivity contribution >= 4 is 34.1 Å². The molecule has 0 saturated carbocycles. The minimum absolute atomic E-state index is 0.142. The highest BCUT2D eigenvalue weighted by Gasteiger charge is 2.19. The first-order valence-corrected chi connectivity index (χ1v) is 9.63. The standard InChI is InChI=1S/C23H23N3O2/c27-22-13-3-4-14-26(22)20-11-6-10-19(15-20)25-23(28)24-16-18-9-5-8-17-7-1-2-12-21(17)18/h1-2,5-12,15H,3-4,13-14,16H2,(H2,24,25,28). The molecule has 0 aliphatic carbocycles. The van der Waals surface area contributed by atoms with E-state index in [0.29, 0.717) is 18.7 Å². The largest absolute Gasteiger partial charge is 0.334 e. The average Bonchev–Trinajstić information content (AvgIpc) is 2.73. The van der Waals surface area contributed by atoms with Gasteiger partial charge in [-0.25, -0.2) is 4.79 Å². The Bertz CT molecular complexity index is 1010. The van der Waals surface area contributed by atoms with E-state index in [1.807, 2.05) is 48.5 Å². The van der Waals surface area contributed by atoms with Crippen LogP contribution in [0.4, 0.5) is 16.2 Å². The lowest BCUT2D eigenvalue weighted by molar-refractivity contribution is -0.119. The number of anilines is 2. The molecule has 0 radical (unpaired) electrons. The molecule has 0 unspecified atom stereocenters. The van der Waals surface area contributed by atoms with Crippen molar-refractivity contribution in [2.24, 2.45) is 0 Å². The molecule has 1 heterocycles. The van der Waals surface area contributed by atoms with Gasteiger partial charge >= 0.3 is 6.03 Å². The van der Waals surface area contributed by atoms with E-state index in [0.717, 1.165) is 41.4 Å². The monoisotopic (exact) mass is 373 g/mol. The smallest absolute Gasteiger partial charge is 0.319 e. The number of urea groups is 1. The minimum Gasteiger partial charge on any atom is -0.334 e. The molecular weight excluding hydrogens is 350 g/mol. The van der Waals surface area contributed by atoms with E-state index in [-0.39, 0.29) is 11.9 Å². The number of piperidine rings is 1. The number of nitrogens with one attached hydrogen (secondary N) is 2. The predicted molar refractivity (Wildman–Crippen MR) is 112 cm³/mol. The van der Waals surface area contributed by atoms with Crippen LogP contribution in [0.3, 0.4) is 0 Å². The highest BCUT2D eigenvalue weighted by molar-refractivity contribution is 5.96. The van der Waals surface area contributed by atoms with E-state index >= 15 is 0 Å². The second-order valence-corrected chi connectivity index (χ2v) is 7.00. The topological polar surface area (TPSA) is 61.4 Å². The Balaban J connectivity index is 1.41. The molecule has 0 atom stereocenters. The van der Waals surface area contributed by atoms with Crippen molar-refractivity contribution in [2.75, 3.05) is 16.8 Å². The minimum atomic E-state index is -0.268. The molecule has 3 aromatic rings. The molecule has 1 fully saturated rings. The van der Waals surface area contributed by atoms with Gasteiger partial charge in [-0.05, 0) is 47.4 Å². The number of hydrogen-bond donors (Lipinski definition) is 2. The summed E-state index contributed by atoms with van der Waals surface area (Å²) in [6.07, 6.45) is 2.54. The third kappa shape index (κ3) is 3.98. The van der Waals surface area contributed by atoms with Gasteiger partial charge in [-0.15, -0.1) is 0 Å². The quantitative estimate of drug-likeness (QED) is 0.698. The van der Waals surface area contributed by atoms with Crippen LogP contribution in [0.5, 0.6) is 0 Å². The zero-order valence-electron chi connectivity index (χ0n) is 15.7. The highest BCUT2D eigenvalue weighted by atomic mass is 16.2. The lowest BCUT2D eigenvalue weighted by Crippen LogP contribution is -2.35.